The molecule has 2 aliphatic heterocycles. The van der Waals surface area contributed by atoms with Crippen LogP contribution in [0, 0.1) is 6.92 Å². The van der Waals surface area contributed by atoms with Gasteiger partial charge in [0.2, 0.25) is 0 Å². The van der Waals surface area contributed by atoms with Crippen molar-refractivity contribution in [1.29, 1.82) is 0 Å². The molecule has 2 atom stereocenters. The van der Waals surface area contributed by atoms with Gasteiger partial charge in [-0.3, -0.25) is 9.88 Å². The molecule has 1 saturated heterocycles. The second-order valence-electron chi connectivity index (χ2n) is 9.45. The van der Waals surface area contributed by atoms with E-state index in [1.54, 1.807) is 0 Å². The second-order valence-corrected chi connectivity index (χ2v) is 9.45. The molecule has 1 fully saturated rings. The number of rotatable bonds is 3. The molecule has 4 nitrogen and oxygen atoms in total. The quantitative estimate of drug-likeness (QED) is 0.480. The van der Waals surface area contributed by atoms with Gasteiger partial charge in [0, 0.05) is 24.4 Å². The van der Waals surface area contributed by atoms with E-state index >= 15 is 0 Å². The fourth-order valence-corrected chi connectivity index (χ4v) is 5.98. The van der Waals surface area contributed by atoms with E-state index in [1.807, 2.05) is 17.3 Å². The number of aromatic nitrogens is 1. The molecule has 6 rings (SSSR count). The molecular weight excluding hydrogens is 408 g/mol. The maximum absolute atomic E-state index is 13.4. The van der Waals surface area contributed by atoms with E-state index in [0.29, 0.717) is 6.61 Å². The molecule has 3 aromatic rings. The average Bonchev–Trinajstić information content (AvgIpc) is 3.16. The first kappa shape index (κ1) is 20.2. The van der Waals surface area contributed by atoms with Crippen molar-refractivity contribution in [3.63, 3.8) is 0 Å². The lowest BCUT2D eigenvalue weighted by atomic mass is 9.82. The van der Waals surface area contributed by atoms with Gasteiger partial charge in [-0.1, -0.05) is 54.6 Å². The zero-order valence-corrected chi connectivity index (χ0v) is 18.9. The van der Waals surface area contributed by atoms with Gasteiger partial charge in [0.15, 0.2) is 0 Å². The molecule has 1 amide bonds. The third-order valence-corrected chi connectivity index (χ3v) is 7.57. The van der Waals surface area contributed by atoms with Crippen LogP contribution in [0.5, 0.6) is 0 Å². The molecule has 3 heterocycles. The van der Waals surface area contributed by atoms with Crippen LogP contribution in [0.15, 0.2) is 73.1 Å². The number of carbonyl (C=O) groups is 1. The number of nitrogens with zero attached hydrogens (tertiary/aromatic N) is 2. The Hall–Kier alpha value is -3.40. The van der Waals surface area contributed by atoms with Crippen molar-refractivity contribution in [2.75, 3.05) is 6.61 Å². The number of carbonyl (C=O) groups excluding carboxylic acids is 1. The van der Waals surface area contributed by atoms with Gasteiger partial charge in [0.1, 0.15) is 6.61 Å². The Bertz CT molecular complexity index is 1200. The van der Waals surface area contributed by atoms with Gasteiger partial charge >= 0.3 is 6.09 Å². The second kappa shape index (κ2) is 8.18. The number of ether oxygens (including phenoxy) is 1. The summed E-state index contributed by atoms with van der Waals surface area (Å²) in [4.78, 5) is 19.7. The van der Waals surface area contributed by atoms with E-state index in [4.69, 9.17) is 4.74 Å². The molecule has 0 spiro atoms. The third-order valence-electron chi connectivity index (χ3n) is 7.57. The van der Waals surface area contributed by atoms with Gasteiger partial charge in [-0.15, -0.1) is 0 Å². The van der Waals surface area contributed by atoms with Gasteiger partial charge < -0.3 is 4.74 Å². The van der Waals surface area contributed by atoms with Crippen molar-refractivity contribution in [3.05, 3.63) is 95.3 Å². The number of aryl methyl sites for hydroxylation is 1. The Kier molecular flexibility index (Phi) is 5.01. The summed E-state index contributed by atoms with van der Waals surface area (Å²) in [7, 11) is 0. The third kappa shape index (κ3) is 3.45. The van der Waals surface area contributed by atoms with Crippen LogP contribution in [0.4, 0.5) is 4.79 Å². The monoisotopic (exact) mass is 436 g/mol. The highest BCUT2D eigenvalue weighted by atomic mass is 16.6. The molecule has 0 N–H and O–H groups in total. The molecule has 4 heteroatoms. The molecule has 0 radical (unpaired) electrons. The number of hydrogen-bond donors (Lipinski definition) is 0. The van der Waals surface area contributed by atoms with E-state index in [9.17, 15) is 4.79 Å². The Morgan fingerprint density at radius 2 is 1.73 bits per heavy atom. The lowest BCUT2D eigenvalue weighted by molar-refractivity contribution is 0.0539. The van der Waals surface area contributed by atoms with Gasteiger partial charge in [0.25, 0.3) is 0 Å². The van der Waals surface area contributed by atoms with Crippen molar-refractivity contribution in [1.82, 2.24) is 9.88 Å². The Morgan fingerprint density at radius 3 is 2.42 bits per heavy atom. The lowest BCUT2D eigenvalue weighted by Gasteiger charge is -2.44. The topological polar surface area (TPSA) is 42.4 Å². The summed E-state index contributed by atoms with van der Waals surface area (Å²) in [6, 6.07) is 19.3. The molecule has 0 saturated carbocycles. The summed E-state index contributed by atoms with van der Waals surface area (Å²) in [5, 5.41) is 0. The minimum absolute atomic E-state index is 0.0927. The Balaban J connectivity index is 1.23. The van der Waals surface area contributed by atoms with Gasteiger partial charge in [-0.05, 0) is 77.6 Å². The molecule has 1 aromatic heterocycles. The summed E-state index contributed by atoms with van der Waals surface area (Å²) < 4.78 is 6.03. The molecule has 33 heavy (non-hydrogen) atoms. The average molecular weight is 437 g/mol. The van der Waals surface area contributed by atoms with Crippen LogP contribution >= 0.6 is 0 Å². The summed E-state index contributed by atoms with van der Waals surface area (Å²) in [6.45, 7) is 2.51. The largest absolute Gasteiger partial charge is 0.448 e. The van der Waals surface area contributed by atoms with Crippen molar-refractivity contribution in [2.24, 2.45) is 0 Å². The zero-order chi connectivity index (χ0) is 22.4. The first-order valence-corrected chi connectivity index (χ1v) is 12.0. The predicted octanol–water partition coefficient (Wildman–Crippen LogP) is 6.35. The fraction of sp³-hybridized carbons (Fsp3) is 0.310. The minimum Gasteiger partial charge on any atom is -0.448 e. The molecule has 2 bridgehead atoms. The molecule has 166 valence electrons. The summed E-state index contributed by atoms with van der Waals surface area (Å²) in [6.07, 6.45) is 9.93. The number of benzene rings is 2. The number of amides is 1. The van der Waals surface area contributed by atoms with Crippen LogP contribution in [0.1, 0.15) is 53.9 Å². The lowest BCUT2D eigenvalue weighted by Crippen LogP contribution is -2.51. The van der Waals surface area contributed by atoms with E-state index in [2.05, 4.69) is 72.6 Å². The summed E-state index contributed by atoms with van der Waals surface area (Å²) in [5.74, 6) is 0.0927. The highest BCUT2D eigenvalue weighted by Gasteiger charge is 2.39. The standard InChI is InChI=1S/C29H28N2O2/c1-19-13-14-30-17-27(19)20-15-21-7-6-8-22(16-20)31(21)29(32)33-18-28-25-11-4-2-9-23(25)24-10-3-5-12-26(24)28/h2-5,9-15,17,21-22,28H,6-8,16,18H2,1H3. The first-order valence-electron chi connectivity index (χ1n) is 12.0. The van der Waals surface area contributed by atoms with Crippen molar-refractivity contribution in [3.8, 4) is 11.1 Å². The molecular formula is C29H28N2O2. The number of pyridine rings is 1. The van der Waals surface area contributed by atoms with Crippen molar-refractivity contribution < 1.29 is 9.53 Å². The SMILES string of the molecule is Cc1ccncc1C1=CC2CCCC(C1)N2C(=O)OCC1c2ccccc2-c2ccccc21. The van der Waals surface area contributed by atoms with E-state index in [-0.39, 0.29) is 24.1 Å². The van der Waals surface area contributed by atoms with E-state index < -0.39 is 0 Å². The van der Waals surface area contributed by atoms with Crippen LogP contribution in [0.2, 0.25) is 0 Å². The molecule has 2 unspecified atom stereocenters. The minimum atomic E-state index is -0.176. The highest BCUT2D eigenvalue weighted by Crippen LogP contribution is 2.45. The highest BCUT2D eigenvalue weighted by molar-refractivity contribution is 5.79. The number of fused-ring (bicyclic) bond motifs is 5. The van der Waals surface area contributed by atoms with Crippen molar-refractivity contribution in [2.45, 2.75) is 50.6 Å². The molecule has 2 aromatic carbocycles. The molecule has 1 aliphatic carbocycles. The van der Waals surface area contributed by atoms with E-state index in [0.717, 1.165) is 25.7 Å². The van der Waals surface area contributed by atoms with Crippen LogP contribution in [0.25, 0.3) is 16.7 Å². The summed E-state index contributed by atoms with van der Waals surface area (Å²) >= 11 is 0. The van der Waals surface area contributed by atoms with Gasteiger partial charge in [0.05, 0.1) is 6.04 Å². The Morgan fingerprint density at radius 1 is 1.00 bits per heavy atom. The zero-order valence-electron chi connectivity index (χ0n) is 18.9. The summed E-state index contributed by atoms with van der Waals surface area (Å²) in [5.41, 5.74) is 8.77. The molecule has 3 aliphatic rings. The van der Waals surface area contributed by atoms with Gasteiger partial charge in [-0.25, -0.2) is 4.79 Å². The first-order chi connectivity index (χ1) is 16.2. The van der Waals surface area contributed by atoms with Crippen LogP contribution in [-0.2, 0) is 4.74 Å². The number of hydrogen-bond acceptors (Lipinski definition) is 3. The maximum Gasteiger partial charge on any atom is 0.410 e. The number of piperidine rings is 1. The Labute approximate surface area is 194 Å². The maximum atomic E-state index is 13.4. The van der Waals surface area contributed by atoms with Crippen LogP contribution in [-0.4, -0.2) is 34.7 Å². The van der Waals surface area contributed by atoms with Crippen LogP contribution < -0.4 is 0 Å². The normalized spacial score (nSPS) is 21.2. The van der Waals surface area contributed by atoms with Crippen LogP contribution in [0.3, 0.4) is 0 Å². The van der Waals surface area contributed by atoms with E-state index in [1.165, 1.54) is 39.0 Å². The predicted molar refractivity (Wildman–Crippen MR) is 130 cm³/mol. The van der Waals surface area contributed by atoms with Gasteiger partial charge in [-0.2, -0.15) is 0 Å². The smallest absolute Gasteiger partial charge is 0.410 e. The fourth-order valence-electron chi connectivity index (χ4n) is 5.98. The van der Waals surface area contributed by atoms with Crippen molar-refractivity contribution >= 4 is 11.7 Å².